The highest BCUT2D eigenvalue weighted by Gasteiger charge is 2.22. The molecule has 9 nitrogen and oxygen atoms in total. The first-order chi connectivity index (χ1) is 14.3. The highest BCUT2D eigenvalue weighted by Crippen LogP contribution is 2.26. The van der Waals surface area contributed by atoms with Gasteiger partial charge in [0.05, 0.1) is 29.4 Å². The van der Waals surface area contributed by atoms with E-state index in [0.717, 1.165) is 0 Å². The van der Waals surface area contributed by atoms with Crippen molar-refractivity contribution in [1.29, 1.82) is 0 Å². The van der Waals surface area contributed by atoms with Gasteiger partial charge in [-0.2, -0.15) is 0 Å². The van der Waals surface area contributed by atoms with E-state index in [1.165, 1.54) is 19.1 Å². The third-order valence-corrected chi connectivity index (χ3v) is 4.75. The number of ketones is 1. The van der Waals surface area contributed by atoms with Gasteiger partial charge >= 0.3 is 0 Å². The number of rotatable bonds is 5. The fourth-order valence-corrected chi connectivity index (χ4v) is 3.26. The summed E-state index contributed by atoms with van der Waals surface area (Å²) >= 11 is 5.21. The van der Waals surface area contributed by atoms with Crippen LogP contribution < -0.4 is 15.5 Å². The van der Waals surface area contributed by atoms with Crippen LogP contribution in [0, 0.1) is 10.1 Å². The first kappa shape index (κ1) is 21.3. The number of carbonyl (C=O) groups excluding carboxylic acids is 2. The van der Waals surface area contributed by atoms with Gasteiger partial charge < -0.3 is 15.0 Å². The van der Waals surface area contributed by atoms with Crippen molar-refractivity contribution in [3.8, 4) is 0 Å². The Kier molecular flexibility index (Phi) is 6.70. The van der Waals surface area contributed by atoms with Gasteiger partial charge in [-0.05, 0) is 37.3 Å². The average molecular weight is 428 g/mol. The quantitative estimate of drug-likeness (QED) is 0.323. The smallest absolute Gasteiger partial charge is 0.270 e. The fourth-order valence-electron chi connectivity index (χ4n) is 3.05. The van der Waals surface area contributed by atoms with E-state index in [1.807, 2.05) is 4.90 Å². The van der Waals surface area contributed by atoms with Crippen molar-refractivity contribution in [2.45, 2.75) is 6.92 Å². The monoisotopic (exact) mass is 428 g/mol. The van der Waals surface area contributed by atoms with Crippen LogP contribution in [-0.2, 0) is 4.74 Å². The number of nitro groups is 1. The molecule has 1 saturated heterocycles. The minimum atomic E-state index is -0.569. The van der Waals surface area contributed by atoms with E-state index < -0.39 is 10.8 Å². The molecule has 1 aliphatic heterocycles. The first-order valence-corrected chi connectivity index (χ1v) is 9.60. The van der Waals surface area contributed by atoms with Gasteiger partial charge in [-0.1, -0.05) is 12.1 Å². The van der Waals surface area contributed by atoms with Gasteiger partial charge in [0, 0.05) is 36.5 Å². The Morgan fingerprint density at radius 2 is 1.90 bits per heavy atom. The minimum Gasteiger partial charge on any atom is -0.378 e. The van der Waals surface area contributed by atoms with Crippen molar-refractivity contribution >= 4 is 46.1 Å². The summed E-state index contributed by atoms with van der Waals surface area (Å²) in [5, 5.41) is 16.6. The molecule has 2 N–H and O–H groups in total. The molecule has 10 heteroatoms. The molecule has 0 bridgehead atoms. The molecule has 2 aromatic carbocycles. The first-order valence-electron chi connectivity index (χ1n) is 9.19. The van der Waals surface area contributed by atoms with Gasteiger partial charge in [0.1, 0.15) is 0 Å². The zero-order valence-corrected chi connectivity index (χ0v) is 17.0. The van der Waals surface area contributed by atoms with Crippen LogP contribution in [0.2, 0.25) is 0 Å². The molecule has 1 aliphatic rings. The molecule has 0 unspecified atom stereocenters. The largest absolute Gasteiger partial charge is 0.378 e. The standard InChI is InChI=1S/C20H20N4O5S/c1-13(25)14-3-2-4-15(11-14)21-20(30)22-19(26)17-12-16(24(27)28)5-6-18(17)23-7-9-29-10-8-23/h2-6,11-12H,7-10H2,1H3,(H2,21,22,26,30). The van der Waals surface area contributed by atoms with Crippen LogP contribution in [-0.4, -0.2) is 48.0 Å². The Morgan fingerprint density at radius 1 is 1.17 bits per heavy atom. The third-order valence-electron chi connectivity index (χ3n) is 4.54. The second-order valence-electron chi connectivity index (χ2n) is 6.60. The lowest BCUT2D eigenvalue weighted by Gasteiger charge is -2.30. The molecule has 1 heterocycles. The number of hydrogen-bond acceptors (Lipinski definition) is 7. The Labute approximate surface area is 178 Å². The predicted octanol–water partition coefficient (Wildman–Crippen LogP) is 2.76. The Balaban J connectivity index is 1.80. The molecule has 0 spiro atoms. The number of carbonyl (C=O) groups is 2. The van der Waals surface area contributed by atoms with Crippen molar-refractivity contribution in [1.82, 2.24) is 5.32 Å². The zero-order chi connectivity index (χ0) is 21.7. The second-order valence-corrected chi connectivity index (χ2v) is 7.01. The summed E-state index contributed by atoms with van der Waals surface area (Å²) in [6.45, 7) is 3.60. The highest BCUT2D eigenvalue weighted by molar-refractivity contribution is 7.80. The highest BCUT2D eigenvalue weighted by atomic mass is 32.1. The maximum absolute atomic E-state index is 12.9. The van der Waals surface area contributed by atoms with Crippen molar-refractivity contribution in [3.63, 3.8) is 0 Å². The summed E-state index contributed by atoms with van der Waals surface area (Å²) in [5.74, 6) is -0.666. The summed E-state index contributed by atoms with van der Waals surface area (Å²) in [4.78, 5) is 37.0. The van der Waals surface area contributed by atoms with Crippen LogP contribution in [0.4, 0.5) is 17.1 Å². The van der Waals surface area contributed by atoms with Crippen LogP contribution in [0.25, 0.3) is 0 Å². The maximum atomic E-state index is 12.9. The van der Waals surface area contributed by atoms with Crippen molar-refractivity contribution in [2.24, 2.45) is 0 Å². The summed E-state index contributed by atoms with van der Waals surface area (Å²) < 4.78 is 5.34. The summed E-state index contributed by atoms with van der Waals surface area (Å²) in [6, 6.07) is 10.9. The van der Waals surface area contributed by atoms with Gasteiger partial charge in [0.25, 0.3) is 11.6 Å². The minimum absolute atomic E-state index is 0.0140. The van der Waals surface area contributed by atoms with Gasteiger partial charge in [-0.3, -0.25) is 25.0 Å². The number of morpholine rings is 1. The SMILES string of the molecule is CC(=O)c1cccc(NC(=S)NC(=O)c2cc([N+](=O)[O-])ccc2N2CCOCC2)c1. The van der Waals surface area contributed by atoms with Crippen molar-refractivity contribution in [2.75, 3.05) is 36.5 Å². The maximum Gasteiger partial charge on any atom is 0.270 e. The zero-order valence-electron chi connectivity index (χ0n) is 16.2. The number of ether oxygens (including phenoxy) is 1. The van der Waals surface area contributed by atoms with Gasteiger partial charge in [0.15, 0.2) is 10.9 Å². The lowest BCUT2D eigenvalue weighted by molar-refractivity contribution is -0.384. The molecule has 156 valence electrons. The molecule has 1 amide bonds. The predicted molar refractivity (Wildman–Crippen MR) is 116 cm³/mol. The molecule has 1 fully saturated rings. The van der Waals surface area contributed by atoms with Gasteiger partial charge in [0.2, 0.25) is 0 Å². The van der Waals surface area contributed by atoms with E-state index in [2.05, 4.69) is 10.6 Å². The average Bonchev–Trinajstić information content (AvgIpc) is 2.74. The van der Waals surface area contributed by atoms with E-state index in [1.54, 1.807) is 30.3 Å². The Hall–Kier alpha value is -3.37. The van der Waals surface area contributed by atoms with E-state index in [-0.39, 0.29) is 22.1 Å². The third kappa shape index (κ3) is 5.16. The number of thiocarbonyl (C=S) groups is 1. The fraction of sp³-hybridized carbons (Fsp3) is 0.250. The van der Waals surface area contributed by atoms with E-state index >= 15 is 0 Å². The summed E-state index contributed by atoms with van der Waals surface area (Å²) in [6.07, 6.45) is 0. The molecular weight excluding hydrogens is 408 g/mol. The summed E-state index contributed by atoms with van der Waals surface area (Å²) in [7, 11) is 0. The number of Topliss-reactive ketones (excluding diaryl/α,β-unsaturated/α-hetero) is 1. The molecule has 30 heavy (non-hydrogen) atoms. The van der Waals surface area contributed by atoms with Crippen LogP contribution >= 0.6 is 12.2 Å². The normalized spacial score (nSPS) is 13.4. The molecule has 0 radical (unpaired) electrons. The van der Waals surface area contributed by atoms with Crippen LogP contribution in [0.5, 0.6) is 0 Å². The number of nitrogens with zero attached hydrogens (tertiary/aromatic N) is 2. The number of amides is 1. The number of non-ortho nitro benzene ring substituents is 1. The Morgan fingerprint density at radius 3 is 2.57 bits per heavy atom. The van der Waals surface area contributed by atoms with Crippen LogP contribution in [0.3, 0.4) is 0 Å². The van der Waals surface area contributed by atoms with Crippen LogP contribution in [0.15, 0.2) is 42.5 Å². The molecule has 0 aromatic heterocycles. The van der Waals surface area contributed by atoms with Crippen LogP contribution in [0.1, 0.15) is 27.6 Å². The molecule has 0 saturated carbocycles. The van der Waals surface area contributed by atoms with Crippen molar-refractivity contribution in [3.05, 3.63) is 63.7 Å². The summed E-state index contributed by atoms with van der Waals surface area (Å²) in [5.41, 5.74) is 1.57. The molecule has 3 rings (SSSR count). The van der Waals surface area contributed by atoms with Gasteiger partial charge in [-0.15, -0.1) is 0 Å². The van der Waals surface area contributed by atoms with E-state index in [9.17, 15) is 19.7 Å². The lowest BCUT2D eigenvalue weighted by atomic mass is 10.1. The molecule has 2 aromatic rings. The van der Waals surface area contributed by atoms with Crippen molar-refractivity contribution < 1.29 is 19.2 Å². The number of hydrogen-bond donors (Lipinski definition) is 2. The van der Waals surface area contributed by atoms with E-state index in [4.69, 9.17) is 17.0 Å². The number of nitrogens with one attached hydrogen (secondary N) is 2. The van der Waals surface area contributed by atoms with Gasteiger partial charge in [-0.25, -0.2) is 0 Å². The number of anilines is 2. The molecule has 0 aliphatic carbocycles. The molecular formula is C20H20N4O5S. The second kappa shape index (κ2) is 9.42. The lowest BCUT2D eigenvalue weighted by Crippen LogP contribution is -2.39. The number of nitro benzene ring substituents is 1. The molecule has 0 atom stereocenters. The van der Waals surface area contributed by atoms with E-state index in [0.29, 0.717) is 43.2 Å². The Bertz CT molecular complexity index is 1000. The number of benzene rings is 2. The topological polar surface area (TPSA) is 114 Å².